The van der Waals surface area contributed by atoms with Crippen LogP contribution in [0.15, 0.2) is 48.5 Å². The average molecular weight is 480 g/mol. The summed E-state index contributed by atoms with van der Waals surface area (Å²) in [6, 6.07) is 12.8. The fraction of sp³-hybridized carbons (Fsp3) is 0.429. The van der Waals surface area contributed by atoms with Gasteiger partial charge in [0, 0.05) is 11.3 Å². The Labute approximate surface area is 206 Å². The summed E-state index contributed by atoms with van der Waals surface area (Å²) in [5.74, 6) is -0.906. The number of anilines is 1. The lowest BCUT2D eigenvalue weighted by molar-refractivity contribution is -0.119. The zero-order valence-electron chi connectivity index (χ0n) is 20.7. The number of Topliss-reactive ketones (excluding diaryl/α,β-unsaturated/α-hetero) is 1. The van der Waals surface area contributed by atoms with Crippen molar-refractivity contribution < 1.29 is 28.7 Å². The second-order valence-electron chi connectivity index (χ2n) is 9.58. The van der Waals surface area contributed by atoms with E-state index < -0.39 is 24.5 Å². The molecular formula is C28H33NO6. The molecule has 1 amide bonds. The van der Waals surface area contributed by atoms with Gasteiger partial charge in [-0.25, -0.2) is 9.59 Å². The van der Waals surface area contributed by atoms with E-state index in [0.29, 0.717) is 23.1 Å². The molecule has 1 aliphatic carbocycles. The van der Waals surface area contributed by atoms with Crippen molar-refractivity contribution in [2.24, 2.45) is 17.8 Å². The Morgan fingerprint density at radius 2 is 1.66 bits per heavy atom. The van der Waals surface area contributed by atoms with Crippen LogP contribution >= 0.6 is 0 Å². The first-order valence-electron chi connectivity index (χ1n) is 12.0. The lowest BCUT2D eigenvalue weighted by Gasteiger charge is -2.36. The average Bonchev–Trinajstić information content (AvgIpc) is 2.82. The predicted molar refractivity (Wildman–Crippen MR) is 132 cm³/mol. The lowest BCUT2D eigenvalue weighted by atomic mass is 9.75. The number of amides is 1. The van der Waals surface area contributed by atoms with Gasteiger partial charge in [-0.3, -0.25) is 9.59 Å². The smallest absolute Gasteiger partial charge is 0.339 e. The third kappa shape index (κ3) is 7.01. The van der Waals surface area contributed by atoms with Gasteiger partial charge in [0.1, 0.15) is 6.10 Å². The van der Waals surface area contributed by atoms with Crippen LogP contribution in [0.5, 0.6) is 0 Å². The van der Waals surface area contributed by atoms with Gasteiger partial charge < -0.3 is 14.8 Å². The minimum atomic E-state index is -0.789. The molecule has 0 aliphatic heterocycles. The topological polar surface area (TPSA) is 98.8 Å². The van der Waals surface area contributed by atoms with E-state index >= 15 is 0 Å². The highest BCUT2D eigenvalue weighted by molar-refractivity contribution is 6.04. The van der Waals surface area contributed by atoms with E-state index in [2.05, 4.69) is 26.1 Å². The maximum atomic E-state index is 13.0. The Kier molecular flexibility index (Phi) is 8.79. The fourth-order valence-corrected chi connectivity index (χ4v) is 4.51. The highest BCUT2D eigenvalue weighted by Gasteiger charge is 2.34. The quantitative estimate of drug-likeness (QED) is 0.407. The highest BCUT2D eigenvalue weighted by Crippen LogP contribution is 2.35. The van der Waals surface area contributed by atoms with Crippen LogP contribution in [0.25, 0.3) is 0 Å². The van der Waals surface area contributed by atoms with Crippen molar-refractivity contribution in [3.63, 3.8) is 0 Å². The Bertz CT molecular complexity index is 1090. The number of benzene rings is 2. The lowest BCUT2D eigenvalue weighted by Crippen LogP contribution is -2.36. The zero-order valence-corrected chi connectivity index (χ0v) is 20.7. The number of nitrogens with one attached hydrogen (secondary N) is 1. The first kappa shape index (κ1) is 26.1. The van der Waals surface area contributed by atoms with E-state index in [9.17, 15) is 19.2 Å². The second-order valence-corrected chi connectivity index (χ2v) is 9.58. The number of ether oxygens (including phenoxy) is 2. The summed E-state index contributed by atoms with van der Waals surface area (Å²) in [5, 5.41) is 2.60. The predicted octanol–water partition coefficient (Wildman–Crippen LogP) is 5.30. The van der Waals surface area contributed by atoms with Crippen LogP contribution in [-0.2, 0) is 14.3 Å². The standard InChI is InChI=1S/C28H33NO6/c1-17(2)22-13-12-18(3)14-25(22)35-28(33)24-11-6-5-10-23(24)27(32)34-16-26(31)29-21-9-7-8-20(15-21)19(4)30/h5-11,15,17-18,22,25H,12-14,16H2,1-4H3,(H,29,31)/t18-,22-,25+/m0/s1. The summed E-state index contributed by atoms with van der Waals surface area (Å²) in [5.41, 5.74) is 1.05. The van der Waals surface area contributed by atoms with Crippen molar-refractivity contribution >= 4 is 29.3 Å². The summed E-state index contributed by atoms with van der Waals surface area (Å²) in [6.07, 6.45) is 2.71. The molecule has 1 aliphatic rings. The summed E-state index contributed by atoms with van der Waals surface area (Å²) in [4.78, 5) is 49.6. The van der Waals surface area contributed by atoms with Gasteiger partial charge in [0.25, 0.3) is 5.91 Å². The van der Waals surface area contributed by atoms with E-state index in [4.69, 9.17) is 9.47 Å². The van der Waals surface area contributed by atoms with Gasteiger partial charge in [0.15, 0.2) is 12.4 Å². The van der Waals surface area contributed by atoms with Crippen molar-refractivity contribution in [3.8, 4) is 0 Å². The number of carbonyl (C=O) groups excluding carboxylic acids is 4. The molecule has 1 saturated carbocycles. The third-order valence-corrected chi connectivity index (χ3v) is 6.47. The van der Waals surface area contributed by atoms with Crippen molar-refractivity contribution in [2.45, 2.75) is 53.1 Å². The van der Waals surface area contributed by atoms with Gasteiger partial charge in [-0.05, 0) is 61.8 Å². The normalized spacial score (nSPS) is 19.6. The van der Waals surface area contributed by atoms with Crippen LogP contribution in [0, 0.1) is 17.8 Å². The van der Waals surface area contributed by atoms with Gasteiger partial charge in [0.05, 0.1) is 11.1 Å². The molecule has 35 heavy (non-hydrogen) atoms. The molecule has 1 N–H and O–H groups in total. The van der Waals surface area contributed by atoms with Gasteiger partial charge in [0.2, 0.25) is 0 Å². The van der Waals surface area contributed by atoms with E-state index in [-0.39, 0.29) is 28.9 Å². The van der Waals surface area contributed by atoms with Gasteiger partial charge in [-0.1, -0.05) is 51.5 Å². The molecule has 186 valence electrons. The number of esters is 2. The molecule has 7 heteroatoms. The zero-order chi connectivity index (χ0) is 25.5. The molecule has 0 spiro atoms. The summed E-state index contributed by atoms with van der Waals surface area (Å²) < 4.78 is 11.1. The van der Waals surface area contributed by atoms with E-state index in [1.54, 1.807) is 36.4 Å². The van der Waals surface area contributed by atoms with E-state index in [0.717, 1.165) is 19.3 Å². The van der Waals surface area contributed by atoms with Crippen molar-refractivity contribution in [1.82, 2.24) is 0 Å². The molecule has 3 rings (SSSR count). The number of ketones is 1. The summed E-state index contributed by atoms with van der Waals surface area (Å²) in [7, 11) is 0. The van der Waals surface area contributed by atoms with Crippen LogP contribution in [0.2, 0.25) is 0 Å². The van der Waals surface area contributed by atoms with Gasteiger partial charge in [-0.2, -0.15) is 0 Å². The molecule has 0 saturated heterocycles. The molecule has 2 aromatic carbocycles. The minimum Gasteiger partial charge on any atom is -0.458 e. The molecule has 0 bridgehead atoms. The molecule has 3 atom stereocenters. The highest BCUT2D eigenvalue weighted by atomic mass is 16.5. The first-order valence-corrected chi connectivity index (χ1v) is 12.0. The largest absolute Gasteiger partial charge is 0.458 e. The Morgan fingerprint density at radius 3 is 2.31 bits per heavy atom. The molecule has 0 heterocycles. The summed E-state index contributed by atoms with van der Waals surface area (Å²) >= 11 is 0. The number of rotatable bonds is 8. The van der Waals surface area contributed by atoms with Crippen LogP contribution in [0.1, 0.15) is 78.0 Å². The minimum absolute atomic E-state index is 0.0498. The number of carbonyl (C=O) groups is 4. The van der Waals surface area contributed by atoms with E-state index in [1.807, 2.05) is 0 Å². The number of hydrogen-bond donors (Lipinski definition) is 1. The van der Waals surface area contributed by atoms with Crippen LogP contribution in [0.3, 0.4) is 0 Å². The van der Waals surface area contributed by atoms with Gasteiger partial charge in [-0.15, -0.1) is 0 Å². The summed E-state index contributed by atoms with van der Waals surface area (Å²) in [6.45, 7) is 7.32. The molecule has 0 aromatic heterocycles. The number of hydrogen-bond acceptors (Lipinski definition) is 6. The Balaban J connectivity index is 1.64. The molecule has 2 aromatic rings. The van der Waals surface area contributed by atoms with Crippen LogP contribution < -0.4 is 5.32 Å². The molecular weight excluding hydrogens is 446 g/mol. The van der Waals surface area contributed by atoms with Crippen LogP contribution in [0.4, 0.5) is 5.69 Å². The monoisotopic (exact) mass is 479 g/mol. The third-order valence-electron chi connectivity index (χ3n) is 6.47. The Hall–Kier alpha value is -3.48. The van der Waals surface area contributed by atoms with E-state index in [1.165, 1.54) is 19.1 Å². The molecule has 7 nitrogen and oxygen atoms in total. The van der Waals surface area contributed by atoms with Gasteiger partial charge >= 0.3 is 11.9 Å². The maximum Gasteiger partial charge on any atom is 0.339 e. The van der Waals surface area contributed by atoms with Crippen molar-refractivity contribution in [2.75, 3.05) is 11.9 Å². The molecule has 0 unspecified atom stereocenters. The Morgan fingerprint density at radius 1 is 0.971 bits per heavy atom. The molecule has 1 fully saturated rings. The van der Waals surface area contributed by atoms with Crippen molar-refractivity contribution in [3.05, 3.63) is 65.2 Å². The maximum absolute atomic E-state index is 13.0. The fourth-order valence-electron chi connectivity index (χ4n) is 4.51. The SMILES string of the molecule is CC(=O)c1cccc(NC(=O)COC(=O)c2ccccc2C(=O)O[C@@H]2C[C@@H](C)CC[C@H]2C(C)C)c1. The molecule has 0 radical (unpaired) electrons. The first-order chi connectivity index (χ1) is 16.7. The second kappa shape index (κ2) is 11.8. The van der Waals surface area contributed by atoms with Crippen LogP contribution in [-0.4, -0.2) is 36.3 Å². The van der Waals surface area contributed by atoms with Crippen molar-refractivity contribution in [1.29, 1.82) is 0 Å².